The maximum atomic E-state index is 13.2. The number of thioether (sulfide) groups is 1. The van der Waals surface area contributed by atoms with Gasteiger partial charge in [-0.15, -0.1) is 0 Å². The number of hydrogen-bond acceptors (Lipinski definition) is 11. The summed E-state index contributed by atoms with van der Waals surface area (Å²) in [5.41, 5.74) is 21.5. The van der Waals surface area contributed by atoms with Gasteiger partial charge in [0, 0.05) is 18.7 Å². The van der Waals surface area contributed by atoms with Gasteiger partial charge in [0.25, 0.3) is 0 Å². The Morgan fingerprint density at radius 2 is 1.24 bits per heavy atom. The van der Waals surface area contributed by atoms with Gasteiger partial charge in [0.05, 0.1) is 6.04 Å². The monoisotopic (exact) mass is 678 g/mol. The zero-order valence-electron chi connectivity index (χ0n) is 25.5. The molecule has 6 amide bonds. The number of carboxylic acid groups (broad SMARTS) is 1. The number of guanidine groups is 1. The number of primary amides is 1. The van der Waals surface area contributed by atoms with Crippen LogP contribution in [0.15, 0.2) is 4.99 Å². The van der Waals surface area contributed by atoms with E-state index in [0.29, 0.717) is 5.75 Å². The Hall–Kier alpha value is -3.78. The number of nitrogens with one attached hydrogen (secondary N) is 5. The predicted molar refractivity (Wildman–Crippen MR) is 172 cm³/mol. The number of nitrogens with zero attached hydrogens (tertiary/aromatic N) is 1. The highest BCUT2D eigenvalue weighted by Gasteiger charge is 2.30. The molecule has 20 heteroatoms. The molecule has 6 atom stereocenters. The molecule has 0 aromatic carbocycles. The topological polar surface area (TPSA) is 316 Å². The first-order valence-electron chi connectivity index (χ1n) is 14.0. The van der Waals surface area contributed by atoms with Crippen molar-refractivity contribution in [1.82, 2.24) is 26.6 Å². The molecule has 0 saturated heterocycles. The summed E-state index contributed by atoms with van der Waals surface area (Å²) in [6.45, 7) is 2.86. The summed E-state index contributed by atoms with van der Waals surface area (Å²) >= 11 is 5.33. The summed E-state index contributed by atoms with van der Waals surface area (Å²) in [7, 11) is 0. The molecule has 0 saturated carbocycles. The molecule has 0 aliphatic carbocycles. The van der Waals surface area contributed by atoms with Crippen LogP contribution in [0, 0.1) is 0 Å². The zero-order valence-corrected chi connectivity index (χ0v) is 27.2. The van der Waals surface area contributed by atoms with Crippen molar-refractivity contribution in [3.05, 3.63) is 0 Å². The third-order valence-corrected chi connectivity index (χ3v) is 7.17. The normalized spacial score (nSPS) is 14.7. The van der Waals surface area contributed by atoms with Gasteiger partial charge in [-0.1, -0.05) is 0 Å². The molecular formula is C25H46N10O8S2. The van der Waals surface area contributed by atoms with Crippen LogP contribution in [0.4, 0.5) is 0 Å². The lowest BCUT2D eigenvalue weighted by molar-refractivity contribution is -0.141. The summed E-state index contributed by atoms with van der Waals surface area (Å²) in [5, 5.41) is 21.5. The Bertz CT molecular complexity index is 1080. The molecule has 0 bridgehead atoms. The molecule has 0 rings (SSSR count). The molecule has 0 spiro atoms. The van der Waals surface area contributed by atoms with Crippen molar-refractivity contribution in [1.29, 1.82) is 0 Å². The standard InChI is InChI=1S/C25H46N10O8S2/c1-12(31-21(39)14(26)6-7-18(27)36)19(37)33-15(5-4-9-30-25(28)29)22(40)32-13(2)20(38)34-16(8-10-45-3)23(41)35-17(11-44)24(42)43/h12-17,44H,4-11,26H2,1-3H3,(H2,27,36)(H,31,39)(H,32,40)(H,33,37)(H,34,38)(H,35,41)(H,42,43)(H4,28,29,30)/t12-,13-,14-,15-,16-,17-/m0/s1. The maximum Gasteiger partial charge on any atom is 0.327 e. The number of carbonyl (C=O) groups excluding carboxylic acids is 6. The molecule has 0 aromatic rings. The number of nitrogens with two attached hydrogens (primary N) is 4. The smallest absolute Gasteiger partial charge is 0.327 e. The van der Waals surface area contributed by atoms with E-state index in [1.165, 1.54) is 25.6 Å². The number of aliphatic carboxylic acids is 1. The van der Waals surface area contributed by atoms with E-state index in [9.17, 15) is 38.7 Å². The summed E-state index contributed by atoms with van der Waals surface area (Å²) in [5.74, 6) is -5.47. The molecule has 45 heavy (non-hydrogen) atoms. The van der Waals surface area contributed by atoms with Crippen molar-refractivity contribution < 1.29 is 38.7 Å². The minimum atomic E-state index is -1.29. The molecule has 0 fully saturated rings. The van der Waals surface area contributed by atoms with Gasteiger partial charge in [0.15, 0.2) is 5.96 Å². The van der Waals surface area contributed by atoms with Crippen LogP contribution >= 0.6 is 24.4 Å². The molecule has 0 aliphatic heterocycles. The number of aliphatic imine (C=N–C) groups is 1. The van der Waals surface area contributed by atoms with Crippen molar-refractivity contribution >= 4 is 71.8 Å². The second-order valence-corrected chi connectivity index (χ2v) is 11.4. The van der Waals surface area contributed by atoms with E-state index in [1.807, 2.05) is 0 Å². The second-order valence-electron chi connectivity index (χ2n) is 10.0. The van der Waals surface area contributed by atoms with Crippen molar-refractivity contribution in [3.63, 3.8) is 0 Å². The summed E-state index contributed by atoms with van der Waals surface area (Å²) in [4.78, 5) is 90.1. The van der Waals surface area contributed by atoms with E-state index < -0.39 is 77.7 Å². The fourth-order valence-electron chi connectivity index (χ4n) is 3.52. The zero-order chi connectivity index (χ0) is 34.7. The lowest BCUT2D eigenvalue weighted by Crippen LogP contribution is -2.58. The Morgan fingerprint density at radius 3 is 1.71 bits per heavy atom. The van der Waals surface area contributed by atoms with Gasteiger partial charge in [0.1, 0.15) is 30.2 Å². The van der Waals surface area contributed by atoms with Crippen LogP contribution in [-0.2, 0) is 33.6 Å². The van der Waals surface area contributed by atoms with Crippen LogP contribution < -0.4 is 49.5 Å². The van der Waals surface area contributed by atoms with Crippen molar-refractivity contribution in [2.75, 3.05) is 24.3 Å². The quantitative estimate of drug-likeness (QED) is 0.0225. The first-order valence-corrected chi connectivity index (χ1v) is 16.0. The number of hydrogen-bond donors (Lipinski definition) is 11. The van der Waals surface area contributed by atoms with Gasteiger partial charge in [-0.3, -0.25) is 33.8 Å². The first-order chi connectivity index (χ1) is 21.0. The van der Waals surface area contributed by atoms with Crippen LogP contribution in [0.5, 0.6) is 0 Å². The number of carboxylic acids is 1. The second kappa shape index (κ2) is 21.8. The molecule has 0 aromatic heterocycles. The average Bonchev–Trinajstić information content (AvgIpc) is 2.96. The van der Waals surface area contributed by atoms with E-state index in [-0.39, 0.29) is 50.4 Å². The number of carbonyl (C=O) groups is 7. The van der Waals surface area contributed by atoms with Gasteiger partial charge in [-0.25, -0.2) is 4.79 Å². The van der Waals surface area contributed by atoms with E-state index in [2.05, 4.69) is 44.2 Å². The summed E-state index contributed by atoms with van der Waals surface area (Å²) < 4.78 is 0. The SMILES string of the molecule is CSCC[C@H](NC(=O)[C@H](C)NC(=O)[C@H](CCCN=C(N)N)NC(=O)[C@H](C)NC(=O)[C@@H](N)CCC(N)=O)C(=O)N[C@@H](CS)C(=O)O. The van der Waals surface area contributed by atoms with Crippen LogP contribution in [0.25, 0.3) is 0 Å². The number of amides is 6. The van der Waals surface area contributed by atoms with Crippen molar-refractivity contribution in [2.45, 2.75) is 82.2 Å². The molecule has 0 aliphatic rings. The number of thiol groups is 1. The highest BCUT2D eigenvalue weighted by atomic mass is 32.2. The highest BCUT2D eigenvalue weighted by molar-refractivity contribution is 7.98. The molecule has 0 radical (unpaired) electrons. The lowest BCUT2D eigenvalue weighted by atomic mass is 10.1. The molecule has 0 unspecified atom stereocenters. The van der Waals surface area contributed by atoms with E-state index >= 15 is 0 Å². The van der Waals surface area contributed by atoms with Crippen molar-refractivity contribution in [2.24, 2.45) is 27.9 Å². The largest absolute Gasteiger partial charge is 0.480 e. The van der Waals surface area contributed by atoms with Crippen LogP contribution in [0.3, 0.4) is 0 Å². The third kappa shape index (κ3) is 17.3. The van der Waals surface area contributed by atoms with E-state index in [0.717, 1.165) is 0 Å². The molecule has 18 nitrogen and oxygen atoms in total. The third-order valence-electron chi connectivity index (χ3n) is 6.16. The first kappa shape index (κ1) is 41.2. The average molecular weight is 679 g/mol. The molecular weight excluding hydrogens is 632 g/mol. The molecule has 256 valence electrons. The Labute approximate surface area is 271 Å². The van der Waals surface area contributed by atoms with Gasteiger partial charge in [0.2, 0.25) is 35.4 Å². The van der Waals surface area contributed by atoms with Gasteiger partial charge < -0.3 is 54.6 Å². The van der Waals surface area contributed by atoms with Crippen LogP contribution in [-0.4, -0.2) is 113 Å². The number of rotatable bonds is 22. The maximum absolute atomic E-state index is 13.2. The van der Waals surface area contributed by atoms with Crippen LogP contribution in [0.1, 0.15) is 46.0 Å². The van der Waals surface area contributed by atoms with Gasteiger partial charge in [-0.05, 0) is 51.5 Å². The van der Waals surface area contributed by atoms with Gasteiger partial charge >= 0.3 is 5.97 Å². The Balaban J connectivity index is 5.55. The predicted octanol–water partition coefficient (Wildman–Crippen LogP) is -4.14. The summed E-state index contributed by atoms with van der Waals surface area (Å²) in [6, 6.07) is -6.96. The Morgan fingerprint density at radius 1 is 0.756 bits per heavy atom. The minimum Gasteiger partial charge on any atom is -0.480 e. The fourth-order valence-corrected chi connectivity index (χ4v) is 4.24. The van der Waals surface area contributed by atoms with Crippen LogP contribution in [0.2, 0.25) is 0 Å². The molecule has 14 N–H and O–H groups in total. The van der Waals surface area contributed by atoms with Gasteiger partial charge in [-0.2, -0.15) is 24.4 Å². The molecule has 0 heterocycles. The van der Waals surface area contributed by atoms with E-state index in [1.54, 1.807) is 6.26 Å². The fraction of sp³-hybridized carbons (Fsp3) is 0.680. The minimum absolute atomic E-state index is 0.0274. The highest BCUT2D eigenvalue weighted by Crippen LogP contribution is 2.05. The Kier molecular flexibility index (Phi) is 20.0. The van der Waals surface area contributed by atoms with E-state index in [4.69, 9.17) is 22.9 Å². The van der Waals surface area contributed by atoms with Crippen molar-refractivity contribution in [3.8, 4) is 0 Å². The summed E-state index contributed by atoms with van der Waals surface area (Å²) in [6.07, 6.45) is 2.11. The lowest BCUT2D eigenvalue weighted by Gasteiger charge is -2.25.